The lowest BCUT2D eigenvalue weighted by molar-refractivity contribution is -0.148. The molecule has 7 nitrogen and oxygen atoms in total. The summed E-state index contributed by atoms with van der Waals surface area (Å²) >= 11 is 0. The molecule has 3 rings (SSSR count). The number of benzene rings is 2. The Balaban J connectivity index is 1.58. The molecule has 2 aromatic rings. The first-order valence-corrected chi connectivity index (χ1v) is 9.12. The van der Waals surface area contributed by atoms with E-state index in [1.807, 2.05) is 6.07 Å². The predicted octanol–water partition coefficient (Wildman–Crippen LogP) is 2.56. The molecule has 0 spiro atoms. The number of nitrogens with zero attached hydrogens (tertiary/aromatic N) is 2. The van der Waals surface area contributed by atoms with E-state index in [9.17, 15) is 18.8 Å². The summed E-state index contributed by atoms with van der Waals surface area (Å²) in [6.07, 6.45) is -0.785. The van der Waals surface area contributed by atoms with Gasteiger partial charge in [0, 0.05) is 19.4 Å². The zero-order chi connectivity index (χ0) is 20.8. The van der Waals surface area contributed by atoms with Gasteiger partial charge in [-0.05, 0) is 36.8 Å². The summed E-state index contributed by atoms with van der Waals surface area (Å²) < 4.78 is 18.1. The fourth-order valence-corrected chi connectivity index (χ4v) is 2.69. The normalized spacial score (nSPS) is 14.8. The Kier molecular flexibility index (Phi) is 6.33. The molecule has 1 unspecified atom stereocenters. The highest BCUT2D eigenvalue weighted by Gasteiger charge is 2.28. The number of amides is 2. The van der Waals surface area contributed by atoms with Gasteiger partial charge in [-0.3, -0.25) is 9.59 Å². The lowest BCUT2D eigenvalue weighted by atomic mass is 10.1. The molecule has 1 atom stereocenters. The van der Waals surface area contributed by atoms with Crippen molar-refractivity contribution >= 4 is 29.2 Å². The van der Waals surface area contributed by atoms with E-state index in [2.05, 4.69) is 10.4 Å². The van der Waals surface area contributed by atoms with Crippen LogP contribution in [0.25, 0.3) is 0 Å². The van der Waals surface area contributed by atoms with E-state index in [4.69, 9.17) is 4.74 Å². The number of carbonyl (C=O) groups excluding carboxylic acids is 3. The molecule has 29 heavy (non-hydrogen) atoms. The number of halogens is 1. The number of hydrogen-bond acceptors (Lipinski definition) is 5. The van der Waals surface area contributed by atoms with Gasteiger partial charge in [-0.25, -0.2) is 14.2 Å². The second-order valence-electron chi connectivity index (χ2n) is 6.48. The van der Waals surface area contributed by atoms with Crippen LogP contribution in [0.4, 0.5) is 10.1 Å². The number of rotatable bonds is 6. The Hall–Kier alpha value is -3.55. The molecule has 0 aromatic heterocycles. The first kappa shape index (κ1) is 20.2. The number of carbonyl (C=O) groups is 3. The number of anilines is 1. The molecule has 1 aliphatic heterocycles. The van der Waals surface area contributed by atoms with E-state index in [1.54, 1.807) is 36.4 Å². The maximum atomic E-state index is 12.9. The van der Waals surface area contributed by atoms with Crippen molar-refractivity contribution in [3.8, 4) is 0 Å². The van der Waals surface area contributed by atoms with Crippen molar-refractivity contribution in [2.45, 2.75) is 32.4 Å². The van der Waals surface area contributed by atoms with E-state index >= 15 is 0 Å². The third-order valence-corrected chi connectivity index (χ3v) is 4.30. The SMILES string of the molecule is CC(OC(=O)C1=NN(c2ccccc2)C(=O)CC1)C(=O)NCc1ccc(F)cc1. The van der Waals surface area contributed by atoms with Crippen LogP contribution in [0.15, 0.2) is 59.7 Å². The molecule has 150 valence electrons. The van der Waals surface area contributed by atoms with Crippen LogP contribution in [0, 0.1) is 5.82 Å². The third kappa shape index (κ3) is 5.25. The zero-order valence-electron chi connectivity index (χ0n) is 15.8. The zero-order valence-corrected chi connectivity index (χ0v) is 15.8. The summed E-state index contributed by atoms with van der Waals surface area (Å²) in [7, 11) is 0. The average molecular weight is 397 g/mol. The van der Waals surface area contributed by atoms with Gasteiger partial charge in [-0.2, -0.15) is 5.10 Å². The van der Waals surface area contributed by atoms with Crippen molar-refractivity contribution in [3.63, 3.8) is 0 Å². The molecule has 1 aliphatic rings. The van der Waals surface area contributed by atoms with E-state index in [0.717, 1.165) is 0 Å². The van der Waals surface area contributed by atoms with Crippen LogP contribution in [0.2, 0.25) is 0 Å². The van der Waals surface area contributed by atoms with Crippen LogP contribution in [0.5, 0.6) is 0 Å². The van der Waals surface area contributed by atoms with Crippen molar-refractivity contribution in [2.24, 2.45) is 5.10 Å². The molecule has 0 bridgehead atoms. The van der Waals surface area contributed by atoms with Crippen LogP contribution in [0.1, 0.15) is 25.3 Å². The highest BCUT2D eigenvalue weighted by atomic mass is 19.1. The van der Waals surface area contributed by atoms with Crippen LogP contribution in [-0.2, 0) is 25.7 Å². The van der Waals surface area contributed by atoms with Gasteiger partial charge in [-0.1, -0.05) is 30.3 Å². The average Bonchev–Trinajstić information content (AvgIpc) is 2.74. The molecule has 0 saturated heterocycles. The summed E-state index contributed by atoms with van der Waals surface area (Å²) in [5.41, 5.74) is 1.34. The number of nitrogens with one attached hydrogen (secondary N) is 1. The Labute approximate surface area is 167 Å². The number of para-hydroxylation sites is 1. The number of hydrogen-bond donors (Lipinski definition) is 1. The summed E-state index contributed by atoms with van der Waals surface area (Å²) in [6, 6.07) is 14.5. The molecule has 0 radical (unpaired) electrons. The fourth-order valence-electron chi connectivity index (χ4n) is 2.69. The topological polar surface area (TPSA) is 88.1 Å². The maximum absolute atomic E-state index is 12.9. The van der Waals surface area contributed by atoms with Gasteiger partial charge in [0.15, 0.2) is 6.10 Å². The summed E-state index contributed by atoms with van der Waals surface area (Å²) in [5, 5.41) is 7.90. The largest absolute Gasteiger partial charge is 0.448 e. The minimum atomic E-state index is -1.05. The number of ether oxygens (including phenoxy) is 1. The lowest BCUT2D eigenvalue weighted by Gasteiger charge is -2.23. The molecular formula is C21H20FN3O4. The first-order chi connectivity index (χ1) is 13.9. The van der Waals surface area contributed by atoms with Gasteiger partial charge in [0.1, 0.15) is 11.5 Å². The molecular weight excluding hydrogens is 377 g/mol. The van der Waals surface area contributed by atoms with Crippen LogP contribution in [-0.4, -0.2) is 29.6 Å². The minimum absolute atomic E-state index is 0.0756. The Morgan fingerprint density at radius 2 is 1.83 bits per heavy atom. The Morgan fingerprint density at radius 1 is 1.14 bits per heavy atom. The van der Waals surface area contributed by atoms with Gasteiger partial charge in [-0.15, -0.1) is 0 Å². The molecule has 2 amide bonds. The van der Waals surface area contributed by atoms with Crippen LogP contribution in [0.3, 0.4) is 0 Å². The van der Waals surface area contributed by atoms with Gasteiger partial charge < -0.3 is 10.1 Å². The molecule has 2 aromatic carbocycles. The van der Waals surface area contributed by atoms with E-state index in [1.165, 1.54) is 24.1 Å². The van der Waals surface area contributed by atoms with Crippen LogP contribution < -0.4 is 10.3 Å². The van der Waals surface area contributed by atoms with E-state index < -0.39 is 18.0 Å². The number of hydrazone groups is 1. The van der Waals surface area contributed by atoms with Gasteiger partial charge in [0.25, 0.3) is 5.91 Å². The molecule has 0 aliphatic carbocycles. The van der Waals surface area contributed by atoms with Gasteiger partial charge >= 0.3 is 5.97 Å². The van der Waals surface area contributed by atoms with E-state index in [0.29, 0.717) is 11.3 Å². The van der Waals surface area contributed by atoms with Crippen molar-refractivity contribution in [2.75, 3.05) is 5.01 Å². The standard InChI is InChI=1S/C21H20FN3O4/c1-14(20(27)23-13-15-7-9-16(22)10-8-15)29-21(28)18-11-12-19(26)25(24-18)17-5-3-2-4-6-17/h2-10,14H,11-13H2,1H3,(H,23,27). The highest BCUT2D eigenvalue weighted by molar-refractivity contribution is 6.38. The second-order valence-corrected chi connectivity index (χ2v) is 6.48. The Bertz CT molecular complexity index is 929. The number of esters is 1. The van der Waals surface area contributed by atoms with E-state index in [-0.39, 0.29) is 36.8 Å². The Morgan fingerprint density at radius 3 is 2.52 bits per heavy atom. The quantitative estimate of drug-likeness (QED) is 0.759. The molecule has 0 saturated carbocycles. The van der Waals surface area contributed by atoms with Crippen molar-refractivity contribution < 1.29 is 23.5 Å². The third-order valence-electron chi connectivity index (χ3n) is 4.30. The second kappa shape index (κ2) is 9.09. The minimum Gasteiger partial charge on any atom is -0.448 e. The predicted molar refractivity (Wildman–Crippen MR) is 104 cm³/mol. The fraction of sp³-hybridized carbons (Fsp3) is 0.238. The summed E-state index contributed by atoms with van der Waals surface area (Å²) in [4.78, 5) is 36.7. The van der Waals surface area contributed by atoms with Gasteiger partial charge in [0.05, 0.1) is 5.69 Å². The monoisotopic (exact) mass is 397 g/mol. The molecule has 8 heteroatoms. The summed E-state index contributed by atoms with van der Waals surface area (Å²) in [5.74, 6) is -1.82. The maximum Gasteiger partial charge on any atom is 0.355 e. The molecule has 1 N–H and O–H groups in total. The smallest absolute Gasteiger partial charge is 0.355 e. The van der Waals surface area contributed by atoms with Crippen molar-refractivity contribution in [3.05, 3.63) is 66.0 Å². The van der Waals surface area contributed by atoms with Crippen molar-refractivity contribution in [1.82, 2.24) is 5.32 Å². The molecule has 0 fully saturated rings. The van der Waals surface area contributed by atoms with Crippen LogP contribution >= 0.6 is 0 Å². The highest BCUT2D eigenvalue weighted by Crippen LogP contribution is 2.20. The first-order valence-electron chi connectivity index (χ1n) is 9.12. The molecule has 1 heterocycles. The van der Waals surface area contributed by atoms with Gasteiger partial charge in [0.2, 0.25) is 5.91 Å². The lowest BCUT2D eigenvalue weighted by Crippen LogP contribution is -2.39. The summed E-state index contributed by atoms with van der Waals surface area (Å²) in [6.45, 7) is 1.62. The van der Waals surface area contributed by atoms with Crippen molar-refractivity contribution in [1.29, 1.82) is 0 Å².